The van der Waals surface area contributed by atoms with Crippen molar-refractivity contribution in [3.05, 3.63) is 60.2 Å². The Labute approximate surface area is 215 Å². The van der Waals surface area contributed by atoms with Gasteiger partial charge in [0.1, 0.15) is 17.0 Å². The summed E-state index contributed by atoms with van der Waals surface area (Å²) in [5.74, 6) is -0.628. The molecule has 38 heavy (non-hydrogen) atoms. The van der Waals surface area contributed by atoms with Crippen LogP contribution in [0.4, 0.5) is 23.4 Å². The summed E-state index contributed by atoms with van der Waals surface area (Å²) in [6.45, 7) is 0.761. The number of benzene rings is 1. The molecule has 0 N–H and O–H groups in total. The maximum absolute atomic E-state index is 13.5. The minimum absolute atomic E-state index is 0.204. The van der Waals surface area contributed by atoms with Crippen molar-refractivity contribution in [2.45, 2.75) is 30.0 Å². The monoisotopic (exact) mass is 549 g/mol. The predicted molar refractivity (Wildman–Crippen MR) is 131 cm³/mol. The average molecular weight is 550 g/mol. The highest BCUT2D eigenvalue weighted by atomic mass is 32.2. The van der Waals surface area contributed by atoms with E-state index in [1.807, 2.05) is 17.0 Å². The Kier molecular flexibility index (Phi) is 6.55. The molecule has 200 valence electrons. The lowest BCUT2D eigenvalue weighted by Gasteiger charge is -2.37. The number of anilines is 1. The van der Waals surface area contributed by atoms with Crippen LogP contribution < -0.4 is 4.90 Å². The van der Waals surface area contributed by atoms with E-state index in [1.165, 1.54) is 7.05 Å². The summed E-state index contributed by atoms with van der Waals surface area (Å²) in [4.78, 5) is 5.48. The van der Waals surface area contributed by atoms with Crippen LogP contribution in [-0.2, 0) is 23.2 Å². The maximum atomic E-state index is 13.5. The highest BCUT2D eigenvalue weighted by Crippen LogP contribution is 2.37. The third-order valence-corrected chi connectivity index (χ3v) is 8.73. The number of halogens is 4. The first kappa shape index (κ1) is 26.0. The number of aryl methyl sites for hydroxylation is 1. The van der Waals surface area contributed by atoms with Gasteiger partial charge >= 0.3 is 6.18 Å². The molecule has 5 rings (SSSR count). The molecule has 9 nitrogen and oxygen atoms in total. The van der Waals surface area contributed by atoms with Crippen LogP contribution in [0.15, 0.2) is 53.7 Å². The maximum Gasteiger partial charge on any atom is 0.417 e. The molecule has 1 saturated heterocycles. The number of hydrogen-bond acceptors (Lipinski definition) is 7. The van der Waals surface area contributed by atoms with E-state index in [1.54, 1.807) is 30.2 Å². The Bertz CT molecular complexity index is 1600. The quantitative estimate of drug-likeness (QED) is 0.349. The van der Waals surface area contributed by atoms with Gasteiger partial charge in [-0.15, -0.1) is 10.2 Å². The molecule has 1 fully saturated rings. The van der Waals surface area contributed by atoms with Gasteiger partial charge in [-0.05, 0) is 49.2 Å². The lowest BCUT2D eigenvalue weighted by Crippen LogP contribution is -2.46. The van der Waals surface area contributed by atoms with Crippen LogP contribution in [0.3, 0.4) is 0 Å². The van der Waals surface area contributed by atoms with Crippen LogP contribution in [0.1, 0.15) is 18.4 Å². The van der Waals surface area contributed by atoms with Crippen molar-refractivity contribution in [3.8, 4) is 11.4 Å². The van der Waals surface area contributed by atoms with Crippen LogP contribution in [0.5, 0.6) is 0 Å². The number of hydrogen-bond donors (Lipinski definition) is 0. The van der Waals surface area contributed by atoms with Crippen molar-refractivity contribution in [1.82, 2.24) is 29.3 Å². The number of fused-ring (bicyclic) bond motifs is 1. The van der Waals surface area contributed by atoms with Crippen molar-refractivity contribution in [2.24, 2.45) is 7.05 Å². The zero-order valence-corrected chi connectivity index (χ0v) is 21.2. The highest BCUT2D eigenvalue weighted by molar-refractivity contribution is 7.89. The van der Waals surface area contributed by atoms with Crippen LogP contribution in [0, 0.1) is 5.82 Å². The largest absolute Gasteiger partial charge is 0.417 e. The molecular formula is C24H23F4N7O2S. The van der Waals surface area contributed by atoms with E-state index in [0.29, 0.717) is 55.1 Å². The van der Waals surface area contributed by atoms with Gasteiger partial charge in [0.05, 0.1) is 16.2 Å². The molecule has 0 unspecified atom stereocenters. The lowest BCUT2D eigenvalue weighted by atomic mass is 10.0. The number of nitrogens with zero attached hydrogens (tertiary/aromatic N) is 7. The molecule has 1 aliphatic rings. The smallest absolute Gasteiger partial charge is 0.353 e. The number of sulfonamides is 1. The minimum atomic E-state index is -5.02. The van der Waals surface area contributed by atoms with E-state index in [4.69, 9.17) is 0 Å². The fourth-order valence-corrected chi connectivity index (χ4v) is 6.33. The molecule has 14 heteroatoms. The second kappa shape index (κ2) is 9.58. The summed E-state index contributed by atoms with van der Waals surface area (Å²) in [7, 11) is -1.49. The van der Waals surface area contributed by atoms with Crippen molar-refractivity contribution >= 4 is 26.7 Å². The summed E-state index contributed by atoms with van der Waals surface area (Å²) < 4.78 is 83.0. The number of alkyl halides is 3. The Balaban J connectivity index is 1.39. The van der Waals surface area contributed by atoms with Crippen LogP contribution >= 0.6 is 0 Å². The minimum Gasteiger partial charge on any atom is -0.353 e. The van der Waals surface area contributed by atoms with E-state index < -0.39 is 38.5 Å². The molecule has 0 saturated carbocycles. The average Bonchev–Trinajstić information content (AvgIpc) is 3.32. The molecule has 0 bridgehead atoms. The first-order valence-electron chi connectivity index (χ1n) is 11.7. The first-order chi connectivity index (χ1) is 18.0. The summed E-state index contributed by atoms with van der Waals surface area (Å²) in [5, 5.41) is 13.8. The van der Waals surface area contributed by atoms with Crippen LogP contribution in [0.25, 0.3) is 22.3 Å². The van der Waals surface area contributed by atoms with E-state index >= 15 is 0 Å². The zero-order chi connectivity index (χ0) is 27.2. The van der Waals surface area contributed by atoms with Gasteiger partial charge in [0.15, 0.2) is 5.82 Å². The second-order valence-electron chi connectivity index (χ2n) is 8.99. The van der Waals surface area contributed by atoms with Crippen molar-refractivity contribution in [3.63, 3.8) is 0 Å². The van der Waals surface area contributed by atoms with Crippen molar-refractivity contribution < 1.29 is 26.0 Å². The molecule has 3 aromatic heterocycles. The second-order valence-corrected chi connectivity index (χ2v) is 11.0. The first-order valence-corrected chi connectivity index (χ1v) is 13.1. The third-order valence-electron chi connectivity index (χ3n) is 6.77. The van der Waals surface area contributed by atoms with Crippen LogP contribution in [-0.4, -0.2) is 63.9 Å². The normalized spacial score (nSPS) is 15.5. The molecule has 0 radical (unpaired) electrons. The third kappa shape index (κ3) is 4.58. The number of aromatic nitrogens is 5. The zero-order valence-electron chi connectivity index (χ0n) is 20.4. The van der Waals surface area contributed by atoms with Gasteiger partial charge in [-0.2, -0.15) is 22.6 Å². The van der Waals surface area contributed by atoms with E-state index in [0.717, 1.165) is 15.4 Å². The molecule has 0 atom stereocenters. The van der Waals surface area contributed by atoms with Gasteiger partial charge in [-0.25, -0.2) is 12.8 Å². The summed E-state index contributed by atoms with van der Waals surface area (Å²) >= 11 is 0. The van der Waals surface area contributed by atoms with Crippen LogP contribution in [0.2, 0.25) is 0 Å². The molecule has 0 amide bonds. The topological polar surface area (TPSA) is 97.1 Å². The Morgan fingerprint density at radius 1 is 1.05 bits per heavy atom. The molecule has 4 aromatic rings. The highest BCUT2D eigenvalue weighted by Gasteiger charge is 2.40. The van der Waals surface area contributed by atoms with Gasteiger partial charge in [0, 0.05) is 51.0 Å². The Hall–Kier alpha value is -3.65. The summed E-state index contributed by atoms with van der Waals surface area (Å²) in [6.07, 6.45) is -1.06. The lowest BCUT2D eigenvalue weighted by molar-refractivity contribution is -0.140. The van der Waals surface area contributed by atoms with Gasteiger partial charge in [0.25, 0.3) is 0 Å². The molecule has 1 aromatic carbocycles. The Morgan fingerprint density at radius 2 is 1.79 bits per heavy atom. The van der Waals surface area contributed by atoms with Gasteiger partial charge in [-0.1, -0.05) is 0 Å². The molecular weight excluding hydrogens is 526 g/mol. The van der Waals surface area contributed by atoms with Crippen molar-refractivity contribution in [1.29, 1.82) is 0 Å². The van der Waals surface area contributed by atoms with Crippen molar-refractivity contribution in [2.75, 3.05) is 25.0 Å². The molecule has 0 aliphatic carbocycles. The number of rotatable bonds is 5. The fourth-order valence-electron chi connectivity index (χ4n) is 4.72. The number of piperidine rings is 1. The van der Waals surface area contributed by atoms with Gasteiger partial charge < -0.3 is 4.90 Å². The summed E-state index contributed by atoms with van der Waals surface area (Å²) in [6, 6.07) is 6.52. The molecule has 1 aliphatic heterocycles. The fraction of sp³-hybridized carbons (Fsp3) is 0.333. The van der Waals surface area contributed by atoms with Gasteiger partial charge in [-0.3, -0.25) is 9.67 Å². The Morgan fingerprint density at radius 3 is 2.45 bits per heavy atom. The molecule has 0 spiro atoms. The standard InChI is InChI=1S/C24H23F4N7O2S/c1-33-19(7-11-30-33)21-17-4-3-10-29-22(17)23(32-31-21)35-12-8-16(9-13-35)34(2)38(36,37)20-6-5-15(25)14-18(20)24(26,27)28/h3-7,10-11,14,16H,8-9,12-13H2,1-2H3. The summed E-state index contributed by atoms with van der Waals surface area (Å²) in [5.41, 5.74) is 0.492. The van der Waals surface area contributed by atoms with E-state index in [-0.39, 0.29) is 6.07 Å². The molecule has 4 heterocycles. The van der Waals surface area contributed by atoms with E-state index in [9.17, 15) is 26.0 Å². The van der Waals surface area contributed by atoms with Gasteiger partial charge in [0.2, 0.25) is 10.0 Å². The predicted octanol–water partition coefficient (Wildman–Crippen LogP) is 3.87. The SMILES string of the molecule is CN(C1CCN(c2nnc(-c3ccnn3C)c3cccnc23)CC1)S(=O)(=O)c1ccc(F)cc1C(F)(F)F. The van der Waals surface area contributed by atoms with E-state index in [2.05, 4.69) is 20.3 Å². The number of pyridine rings is 1.